The fourth-order valence-corrected chi connectivity index (χ4v) is 4.84. The van der Waals surface area contributed by atoms with E-state index in [2.05, 4.69) is 5.32 Å². The molecule has 0 radical (unpaired) electrons. The van der Waals surface area contributed by atoms with Crippen LogP contribution in [0.5, 0.6) is 5.75 Å². The van der Waals surface area contributed by atoms with Crippen molar-refractivity contribution in [3.63, 3.8) is 0 Å². The van der Waals surface area contributed by atoms with Crippen LogP contribution >= 0.6 is 0 Å². The Morgan fingerprint density at radius 2 is 1.79 bits per heavy atom. The molecule has 0 spiro atoms. The smallest absolute Gasteiger partial charge is 0.248 e. The minimum atomic E-state index is -3.68. The van der Waals surface area contributed by atoms with Gasteiger partial charge in [0.25, 0.3) is 0 Å². The summed E-state index contributed by atoms with van der Waals surface area (Å²) in [5, 5.41) is 2.61. The molecule has 1 aliphatic rings. The third-order valence-corrected chi connectivity index (χ3v) is 6.58. The zero-order chi connectivity index (χ0) is 20.9. The Kier molecular flexibility index (Phi) is 6.66. The summed E-state index contributed by atoms with van der Waals surface area (Å²) in [5.41, 5.74) is 1.01. The molecule has 6 nitrogen and oxygen atoms in total. The number of rotatable bonds is 6. The van der Waals surface area contributed by atoms with Gasteiger partial charge in [-0.1, -0.05) is 12.5 Å². The molecule has 2 aromatic carbocycles. The molecule has 1 fully saturated rings. The van der Waals surface area contributed by atoms with Gasteiger partial charge in [0.15, 0.2) is 0 Å². The maximum Gasteiger partial charge on any atom is 0.248 e. The highest BCUT2D eigenvalue weighted by Gasteiger charge is 2.28. The lowest BCUT2D eigenvalue weighted by atomic mass is 10.2. The molecule has 1 aliphatic heterocycles. The largest absolute Gasteiger partial charge is 0.495 e. The van der Waals surface area contributed by atoms with E-state index in [9.17, 15) is 17.6 Å². The molecule has 0 aliphatic carbocycles. The summed E-state index contributed by atoms with van der Waals surface area (Å²) in [6.45, 7) is 0.983. The first-order valence-corrected chi connectivity index (χ1v) is 10.8. The molecule has 2 aromatic rings. The van der Waals surface area contributed by atoms with Gasteiger partial charge in [0, 0.05) is 24.9 Å². The Morgan fingerprint density at radius 1 is 1.10 bits per heavy atom. The Hall–Kier alpha value is -2.71. The fraction of sp³-hybridized carbons (Fsp3) is 0.286. The highest BCUT2D eigenvalue weighted by Crippen LogP contribution is 2.30. The van der Waals surface area contributed by atoms with Crippen molar-refractivity contribution in [2.45, 2.75) is 24.2 Å². The van der Waals surface area contributed by atoms with Gasteiger partial charge in [-0.15, -0.1) is 0 Å². The molecule has 0 atom stereocenters. The predicted octanol–water partition coefficient (Wildman–Crippen LogP) is 3.66. The van der Waals surface area contributed by atoms with Gasteiger partial charge in [-0.3, -0.25) is 4.79 Å². The standard InChI is InChI=1S/C21H23FN2O4S/c1-28-19-11-5-16(6-12-21(25)23-18-9-7-17(22)8-10-18)15-20(19)29(26,27)24-13-3-2-4-14-24/h5-12,15H,2-4,13-14H2,1H3,(H,23,25)/b12-6+. The second-order valence-corrected chi connectivity index (χ2v) is 8.61. The van der Waals surface area contributed by atoms with Crippen molar-refractivity contribution in [3.8, 4) is 5.75 Å². The number of hydrogen-bond acceptors (Lipinski definition) is 4. The van der Waals surface area contributed by atoms with Gasteiger partial charge >= 0.3 is 0 Å². The van der Waals surface area contributed by atoms with E-state index >= 15 is 0 Å². The van der Waals surface area contributed by atoms with E-state index in [1.807, 2.05) is 0 Å². The van der Waals surface area contributed by atoms with Crippen molar-refractivity contribution in [1.29, 1.82) is 0 Å². The van der Waals surface area contributed by atoms with Crippen molar-refractivity contribution in [1.82, 2.24) is 4.31 Å². The van der Waals surface area contributed by atoms with Crippen LogP contribution < -0.4 is 10.1 Å². The van der Waals surface area contributed by atoms with Crippen molar-refractivity contribution in [2.24, 2.45) is 0 Å². The Bertz CT molecular complexity index is 998. The summed E-state index contributed by atoms with van der Waals surface area (Å²) >= 11 is 0. The number of carbonyl (C=O) groups excluding carboxylic acids is 1. The predicted molar refractivity (Wildman–Crippen MR) is 110 cm³/mol. The van der Waals surface area contributed by atoms with Gasteiger partial charge in [-0.2, -0.15) is 4.31 Å². The normalized spacial score (nSPS) is 15.4. The van der Waals surface area contributed by atoms with E-state index in [4.69, 9.17) is 4.74 Å². The van der Waals surface area contributed by atoms with Gasteiger partial charge in [0.2, 0.25) is 15.9 Å². The summed E-state index contributed by atoms with van der Waals surface area (Å²) < 4.78 is 45.7. The van der Waals surface area contributed by atoms with Crippen LogP contribution in [-0.4, -0.2) is 38.8 Å². The second kappa shape index (κ2) is 9.19. The molecule has 154 valence electrons. The molecule has 0 aromatic heterocycles. The zero-order valence-electron chi connectivity index (χ0n) is 16.1. The van der Waals surface area contributed by atoms with Crippen LogP contribution in [0.2, 0.25) is 0 Å². The molecule has 1 heterocycles. The van der Waals surface area contributed by atoms with Gasteiger partial charge in [-0.05, 0) is 60.9 Å². The monoisotopic (exact) mass is 418 g/mol. The number of methoxy groups -OCH3 is 1. The van der Waals surface area contributed by atoms with Crippen LogP contribution in [0.4, 0.5) is 10.1 Å². The Balaban J connectivity index is 1.79. The van der Waals surface area contributed by atoms with Crippen LogP contribution in [0, 0.1) is 5.82 Å². The van der Waals surface area contributed by atoms with E-state index in [1.54, 1.807) is 12.1 Å². The number of hydrogen-bond donors (Lipinski definition) is 1. The van der Waals surface area contributed by atoms with E-state index in [-0.39, 0.29) is 16.5 Å². The Labute approximate surface area is 170 Å². The lowest BCUT2D eigenvalue weighted by Crippen LogP contribution is -2.35. The fourth-order valence-electron chi connectivity index (χ4n) is 3.13. The maximum absolute atomic E-state index is 13.0. The molecular weight excluding hydrogens is 395 g/mol. The lowest BCUT2D eigenvalue weighted by molar-refractivity contribution is -0.111. The van der Waals surface area contributed by atoms with E-state index in [0.29, 0.717) is 24.3 Å². The van der Waals surface area contributed by atoms with Gasteiger partial charge < -0.3 is 10.1 Å². The minimum absolute atomic E-state index is 0.0861. The summed E-state index contributed by atoms with van der Waals surface area (Å²) in [6, 6.07) is 10.2. The third kappa shape index (κ3) is 5.21. The number of halogens is 1. The average Bonchev–Trinajstić information content (AvgIpc) is 2.74. The number of nitrogens with one attached hydrogen (secondary N) is 1. The van der Waals surface area contributed by atoms with Crippen molar-refractivity contribution >= 4 is 27.7 Å². The summed E-state index contributed by atoms with van der Waals surface area (Å²) in [5.74, 6) is -0.532. The second-order valence-electron chi connectivity index (χ2n) is 6.70. The average molecular weight is 418 g/mol. The SMILES string of the molecule is COc1ccc(/C=C/C(=O)Nc2ccc(F)cc2)cc1S(=O)(=O)N1CCCCC1. The summed E-state index contributed by atoms with van der Waals surface area (Å²) in [4.78, 5) is 12.2. The Morgan fingerprint density at radius 3 is 2.45 bits per heavy atom. The number of benzene rings is 2. The van der Waals surface area contributed by atoms with E-state index in [0.717, 1.165) is 19.3 Å². The molecule has 0 unspecified atom stereocenters. The molecule has 8 heteroatoms. The minimum Gasteiger partial charge on any atom is -0.495 e. The highest BCUT2D eigenvalue weighted by molar-refractivity contribution is 7.89. The molecule has 3 rings (SSSR count). The van der Waals surface area contributed by atoms with Crippen molar-refractivity contribution in [3.05, 3.63) is 59.9 Å². The van der Waals surface area contributed by atoms with Gasteiger partial charge in [0.05, 0.1) is 7.11 Å². The van der Waals surface area contributed by atoms with Crippen molar-refractivity contribution in [2.75, 3.05) is 25.5 Å². The third-order valence-electron chi connectivity index (χ3n) is 4.66. The first-order chi connectivity index (χ1) is 13.9. The topological polar surface area (TPSA) is 75.7 Å². The molecule has 1 saturated heterocycles. The lowest BCUT2D eigenvalue weighted by Gasteiger charge is -2.26. The first kappa shape index (κ1) is 21.0. The van der Waals surface area contributed by atoms with Crippen molar-refractivity contribution < 1.29 is 22.3 Å². The van der Waals surface area contributed by atoms with Crippen LogP contribution in [0.25, 0.3) is 6.08 Å². The number of sulfonamides is 1. The van der Waals surface area contributed by atoms with Crippen LogP contribution in [0.15, 0.2) is 53.4 Å². The van der Waals surface area contributed by atoms with Crippen LogP contribution in [0.3, 0.4) is 0 Å². The van der Waals surface area contributed by atoms with Gasteiger partial charge in [-0.25, -0.2) is 12.8 Å². The quantitative estimate of drug-likeness (QED) is 0.727. The highest BCUT2D eigenvalue weighted by atomic mass is 32.2. The number of carbonyl (C=O) groups is 1. The van der Waals surface area contributed by atoms with E-state index in [1.165, 1.54) is 53.9 Å². The zero-order valence-corrected chi connectivity index (χ0v) is 16.9. The summed E-state index contributed by atoms with van der Waals surface area (Å²) in [6.07, 6.45) is 5.51. The number of ether oxygens (including phenoxy) is 1. The number of amides is 1. The van der Waals surface area contributed by atoms with Crippen LogP contribution in [0.1, 0.15) is 24.8 Å². The maximum atomic E-state index is 13.0. The molecule has 1 amide bonds. The number of anilines is 1. The van der Waals surface area contributed by atoms with Crippen LogP contribution in [-0.2, 0) is 14.8 Å². The molecule has 0 saturated carbocycles. The van der Waals surface area contributed by atoms with E-state index < -0.39 is 15.9 Å². The summed E-state index contributed by atoms with van der Waals surface area (Å²) in [7, 11) is -2.25. The molecular formula is C21H23FN2O4S. The van der Waals surface area contributed by atoms with Gasteiger partial charge in [0.1, 0.15) is 16.5 Å². The molecule has 0 bridgehead atoms. The number of piperidine rings is 1. The first-order valence-electron chi connectivity index (χ1n) is 9.33. The number of nitrogens with zero attached hydrogens (tertiary/aromatic N) is 1. The molecule has 29 heavy (non-hydrogen) atoms. The molecule has 1 N–H and O–H groups in total.